The molecule has 0 spiro atoms. The van der Waals surface area contributed by atoms with E-state index in [0.717, 1.165) is 49.0 Å². The third-order valence-corrected chi connectivity index (χ3v) is 5.87. The van der Waals surface area contributed by atoms with E-state index in [1.165, 1.54) is 10.3 Å². The first kappa shape index (κ1) is 16.6. The molecule has 4 aromatic rings. The van der Waals surface area contributed by atoms with E-state index >= 15 is 0 Å². The normalized spacial score (nSPS) is 16.1. The van der Waals surface area contributed by atoms with E-state index < -0.39 is 0 Å². The molecule has 1 saturated heterocycles. The molecule has 0 N–H and O–H groups in total. The fourth-order valence-corrected chi connectivity index (χ4v) is 4.39. The minimum absolute atomic E-state index is 0.203. The molecular formula is C21H20N4OS. The largest absolute Gasteiger partial charge is 0.473 e. The number of fused-ring (bicyclic) bond motifs is 2. The van der Waals surface area contributed by atoms with Gasteiger partial charge in [0.25, 0.3) is 0 Å². The smallest absolute Gasteiger partial charge is 0.233 e. The Morgan fingerprint density at radius 2 is 1.81 bits per heavy atom. The SMILES string of the molecule is c1ccc2nc(OC3CCN(Cc4cnc5ccsc5c4)CC3)cnc2c1. The van der Waals surface area contributed by atoms with Crippen LogP contribution in [-0.4, -0.2) is 39.0 Å². The number of pyridine rings is 1. The Kier molecular flexibility index (Phi) is 4.43. The molecule has 5 rings (SSSR count). The van der Waals surface area contributed by atoms with Crippen molar-refractivity contribution in [2.45, 2.75) is 25.5 Å². The van der Waals surface area contributed by atoms with Crippen LogP contribution in [0.1, 0.15) is 18.4 Å². The summed E-state index contributed by atoms with van der Waals surface area (Å²) in [5.41, 5.74) is 4.15. The first-order valence-electron chi connectivity index (χ1n) is 9.26. The molecule has 0 aliphatic carbocycles. The number of hydrogen-bond acceptors (Lipinski definition) is 6. The molecule has 1 aliphatic rings. The van der Waals surface area contributed by atoms with E-state index in [-0.39, 0.29) is 6.10 Å². The van der Waals surface area contributed by atoms with Crippen LogP contribution in [0.5, 0.6) is 5.88 Å². The predicted molar refractivity (Wildman–Crippen MR) is 108 cm³/mol. The van der Waals surface area contributed by atoms with Crippen LogP contribution in [0.15, 0.2) is 54.2 Å². The van der Waals surface area contributed by atoms with Crippen LogP contribution in [0.25, 0.3) is 21.3 Å². The number of nitrogens with zero attached hydrogens (tertiary/aromatic N) is 4. The van der Waals surface area contributed by atoms with Gasteiger partial charge in [-0.1, -0.05) is 12.1 Å². The molecule has 3 aromatic heterocycles. The summed E-state index contributed by atoms with van der Waals surface area (Å²) in [4.78, 5) is 16.0. The fourth-order valence-electron chi connectivity index (χ4n) is 3.58. The lowest BCUT2D eigenvalue weighted by molar-refractivity contribution is 0.0932. The van der Waals surface area contributed by atoms with Crippen molar-refractivity contribution in [2.75, 3.05) is 13.1 Å². The number of rotatable bonds is 4. The summed E-state index contributed by atoms with van der Waals surface area (Å²) in [6, 6.07) is 12.2. The van der Waals surface area contributed by atoms with Gasteiger partial charge in [0.2, 0.25) is 5.88 Å². The van der Waals surface area contributed by atoms with Gasteiger partial charge in [-0.3, -0.25) is 9.88 Å². The van der Waals surface area contributed by atoms with Crippen LogP contribution in [0.4, 0.5) is 0 Å². The van der Waals surface area contributed by atoms with Crippen LogP contribution in [0.2, 0.25) is 0 Å². The Morgan fingerprint density at radius 3 is 2.70 bits per heavy atom. The van der Waals surface area contributed by atoms with E-state index in [4.69, 9.17) is 4.74 Å². The van der Waals surface area contributed by atoms with Gasteiger partial charge < -0.3 is 4.74 Å². The lowest BCUT2D eigenvalue weighted by atomic mass is 10.1. The molecule has 136 valence electrons. The predicted octanol–water partition coefficient (Wildman–Crippen LogP) is 4.28. The highest BCUT2D eigenvalue weighted by atomic mass is 32.1. The lowest BCUT2D eigenvalue weighted by Gasteiger charge is -2.31. The van der Waals surface area contributed by atoms with Gasteiger partial charge >= 0.3 is 0 Å². The molecule has 1 aromatic carbocycles. The molecule has 6 heteroatoms. The summed E-state index contributed by atoms with van der Waals surface area (Å²) < 4.78 is 7.36. The van der Waals surface area contributed by atoms with Crippen molar-refractivity contribution in [3.8, 4) is 5.88 Å². The topological polar surface area (TPSA) is 51.1 Å². The van der Waals surface area contributed by atoms with Crippen molar-refractivity contribution in [3.63, 3.8) is 0 Å². The minimum atomic E-state index is 0.203. The summed E-state index contributed by atoms with van der Waals surface area (Å²) in [6.45, 7) is 2.99. The number of hydrogen-bond donors (Lipinski definition) is 0. The van der Waals surface area contributed by atoms with Crippen molar-refractivity contribution in [2.24, 2.45) is 0 Å². The highest BCUT2D eigenvalue weighted by Gasteiger charge is 2.21. The number of piperidine rings is 1. The summed E-state index contributed by atoms with van der Waals surface area (Å²) >= 11 is 1.75. The zero-order valence-electron chi connectivity index (χ0n) is 14.9. The maximum atomic E-state index is 6.10. The highest BCUT2D eigenvalue weighted by molar-refractivity contribution is 7.17. The van der Waals surface area contributed by atoms with Gasteiger partial charge in [0.05, 0.1) is 27.4 Å². The second-order valence-corrected chi connectivity index (χ2v) is 7.89. The molecule has 1 fully saturated rings. The van der Waals surface area contributed by atoms with E-state index in [1.807, 2.05) is 30.5 Å². The molecule has 0 saturated carbocycles. The Bertz CT molecular complexity index is 1070. The summed E-state index contributed by atoms with van der Waals surface area (Å²) in [6.07, 6.45) is 5.94. The maximum absolute atomic E-state index is 6.10. The Hall–Kier alpha value is -2.57. The monoisotopic (exact) mass is 376 g/mol. The maximum Gasteiger partial charge on any atom is 0.233 e. The first-order valence-corrected chi connectivity index (χ1v) is 10.1. The quantitative estimate of drug-likeness (QED) is 0.532. The van der Waals surface area contributed by atoms with Crippen molar-refractivity contribution in [1.82, 2.24) is 19.9 Å². The van der Waals surface area contributed by atoms with Crippen LogP contribution in [-0.2, 0) is 6.54 Å². The Labute approximate surface area is 161 Å². The highest BCUT2D eigenvalue weighted by Crippen LogP contribution is 2.23. The molecular weight excluding hydrogens is 356 g/mol. The van der Waals surface area contributed by atoms with Crippen LogP contribution in [0, 0.1) is 0 Å². The third-order valence-electron chi connectivity index (χ3n) is 5.01. The summed E-state index contributed by atoms with van der Waals surface area (Å²) in [7, 11) is 0. The van der Waals surface area contributed by atoms with E-state index in [9.17, 15) is 0 Å². The minimum Gasteiger partial charge on any atom is -0.473 e. The van der Waals surface area contributed by atoms with Gasteiger partial charge in [0.1, 0.15) is 6.10 Å². The van der Waals surface area contributed by atoms with Gasteiger partial charge in [-0.2, -0.15) is 0 Å². The van der Waals surface area contributed by atoms with Crippen molar-refractivity contribution < 1.29 is 4.74 Å². The van der Waals surface area contributed by atoms with E-state index in [0.29, 0.717) is 5.88 Å². The standard InChI is InChI=1S/C21H20N4OS/c1-2-4-18-17(3-1)23-13-21(24-18)26-16-5-8-25(9-6-16)14-15-11-20-19(22-12-15)7-10-27-20/h1-4,7,10-13,16H,5-6,8-9,14H2. The third kappa shape index (κ3) is 3.63. The molecule has 0 bridgehead atoms. The number of thiophene rings is 1. The number of likely N-dealkylation sites (tertiary alicyclic amines) is 1. The van der Waals surface area contributed by atoms with Gasteiger partial charge in [-0.15, -0.1) is 11.3 Å². The second-order valence-electron chi connectivity index (χ2n) is 6.94. The number of aromatic nitrogens is 3. The average molecular weight is 376 g/mol. The second kappa shape index (κ2) is 7.21. The molecule has 27 heavy (non-hydrogen) atoms. The van der Waals surface area contributed by atoms with Gasteiger partial charge in [-0.25, -0.2) is 9.97 Å². The molecule has 1 aliphatic heterocycles. The molecule has 0 atom stereocenters. The molecule has 0 radical (unpaired) electrons. The Balaban J connectivity index is 1.19. The zero-order chi connectivity index (χ0) is 18.1. The summed E-state index contributed by atoms with van der Waals surface area (Å²) in [5.74, 6) is 0.625. The molecule has 0 amide bonds. The molecule has 0 unspecified atom stereocenters. The fraction of sp³-hybridized carbons (Fsp3) is 0.286. The van der Waals surface area contributed by atoms with Gasteiger partial charge in [0.15, 0.2) is 0 Å². The zero-order valence-corrected chi connectivity index (χ0v) is 15.7. The number of para-hydroxylation sites is 2. The Morgan fingerprint density at radius 1 is 1.00 bits per heavy atom. The van der Waals surface area contributed by atoms with Crippen molar-refractivity contribution in [3.05, 3.63) is 59.7 Å². The van der Waals surface area contributed by atoms with Crippen LogP contribution in [0.3, 0.4) is 0 Å². The first-order chi connectivity index (χ1) is 13.3. The number of ether oxygens (including phenoxy) is 1. The summed E-state index contributed by atoms with van der Waals surface area (Å²) in [5, 5.41) is 2.10. The van der Waals surface area contributed by atoms with Crippen LogP contribution < -0.4 is 4.74 Å². The van der Waals surface area contributed by atoms with Gasteiger partial charge in [-0.05, 0) is 48.1 Å². The number of benzene rings is 1. The van der Waals surface area contributed by atoms with Crippen molar-refractivity contribution in [1.29, 1.82) is 0 Å². The molecule has 4 heterocycles. The van der Waals surface area contributed by atoms with Gasteiger partial charge in [0, 0.05) is 25.8 Å². The average Bonchev–Trinajstić information content (AvgIpc) is 3.17. The lowest BCUT2D eigenvalue weighted by Crippen LogP contribution is -2.37. The van der Waals surface area contributed by atoms with E-state index in [2.05, 4.69) is 37.4 Å². The molecule has 5 nitrogen and oxygen atoms in total. The van der Waals surface area contributed by atoms with Crippen LogP contribution >= 0.6 is 11.3 Å². The van der Waals surface area contributed by atoms with Crippen molar-refractivity contribution >= 4 is 32.6 Å². The van der Waals surface area contributed by atoms with E-state index in [1.54, 1.807) is 17.5 Å².